The molecule has 0 unspecified atom stereocenters. The van der Waals surface area contributed by atoms with Gasteiger partial charge in [-0.1, -0.05) is 50.6 Å². The zero-order valence-electron chi connectivity index (χ0n) is 13.4. The summed E-state index contributed by atoms with van der Waals surface area (Å²) in [5, 5.41) is 0.980. The van der Waals surface area contributed by atoms with Crippen LogP contribution in [0, 0.1) is 13.8 Å². The molecule has 0 atom stereocenters. The maximum atomic E-state index is 6.05. The van der Waals surface area contributed by atoms with Crippen LogP contribution in [0.25, 0.3) is 0 Å². The molecular weight excluding hydrogens is 278 g/mol. The summed E-state index contributed by atoms with van der Waals surface area (Å²) in [5.74, 6) is 2.28. The molecule has 4 heteroatoms. The average molecular weight is 301 g/mol. The highest BCUT2D eigenvalue weighted by Crippen LogP contribution is 2.29. The monoisotopic (exact) mass is 301 g/mol. The molecule has 3 nitrogen and oxygen atoms in total. The van der Waals surface area contributed by atoms with Crippen molar-refractivity contribution >= 4 is 17.6 Å². The van der Waals surface area contributed by atoms with Crippen molar-refractivity contribution in [3.8, 4) is 0 Å². The minimum absolute atomic E-state index is 0.0968. The third-order valence-electron chi connectivity index (χ3n) is 3.27. The molecule has 0 saturated heterocycles. The highest BCUT2D eigenvalue weighted by atomic mass is 32.2. The van der Waals surface area contributed by atoms with E-state index in [9.17, 15) is 0 Å². The van der Waals surface area contributed by atoms with Gasteiger partial charge >= 0.3 is 0 Å². The molecule has 2 aromatic rings. The summed E-state index contributed by atoms with van der Waals surface area (Å²) in [6, 6.07) is 8.55. The molecule has 0 spiro atoms. The summed E-state index contributed by atoms with van der Waals surface area (Å²) in [6.07, 6.45) is 0. The summed E-state index contributed by atoms with van der Waals surface area (Å²) >= 11 is 1.72. The fraction of sp³-hybridized carbons (Fsp3) is 0.412. The molecule has 1 aromatic heterocycles. The van der Waals surface area contributed by atoms with Crippen LogP contribution in [-0.4, -0.2) is 9.97 Å². The number of hydrogen-bond acceptors (Lipinski definition) is 4. The number of hydrogen-bond donors (Lipinski definition) is 1. The summed E-state index contributed by atoms with van der Waals surface area (Å²) in [7, 11) is 0. The van der Waals surface area contributed by atoms with Crippen molar-refractivity contribution in [2.45, 2.75) is 50.8 Å². The molecule has 2 rings (SSSR count). The first-order valence-electron chi connectivity index (χ1n) is 7.10. The molecule has 0 aliphatic rings. The van der Waals surface area contributed by atoms with Crippen LogP contribution < -0.4 is 5.73 Å². The SMILES string of the molecule is Cc1cccc(CSc2nc(C(C)(C)C)nc(N)c2C)c1. The first kappa shape index (κ1) is 15.8. The Bertz CT molecular complexity index is 645. The Kier molecular flexibility index (Phi) is 4.57. The quantitative estimate of drug-likeness (QED) is 0.679. The predicted octanol–water partition coefficient (Wildman–Crippen LogP) is 4.27. The zero-order valence-corrected chi connectivity index (χ0v) is 14.2. The van der Waals surface area contributed by atoms with Gasteiger partial charge in [0, 0.05) is 16.7 Å². The van der Waals surface area contributed by atoms with Gasteiger partial charge in [-0.15, -0.1) is 11.8 Å². The van der Waals surface area contributed by atoms with E-state index in [-0.39, 0.29) is 5.41 Å². The number of aromatic nitrogens is 2. The Morgan fingerprint density at radius 1 is 1.14 bits per heavy atom. The van der Waals surface area contributed by atoms with E-state index in [1.54, 1.807) is 11.8 Å². The number of aryl methyl sites for hydroxylation is 1. The van der Waals surface area contributed by atoms with Crippen LogP contribution in [0.15, 0.2) is 29.3 Å². The molecule has 1 aromatic carbocycles. The van der Waals surface area contributed by atoms with Crippen LogP contribution in [0.2, 0.25) is 0 Å². The van der Waals surface area contributed by atoms with Crippen molar-refractivity contribution < 1.29 is 0 Å². The smallest absolute Gasteiger partial charge is 0.137 e. The summed E-state index contributed by atoms with van der Waals surface area (Å²) < 4.78 is 0. The van der Waals surface area contributed by atoms with Crippen molar-refractivity contribution in [2.75, 3.05) is 5.73 Å². The molecule has 0 bridgehead atoms. The van der Waals surface area contributed by atoms with Crippen molar-refractivity contribution in [1.29, 1.82) is 0 Å². The van der Waals surface area contributed by atoms with E-state index in [1.165, 1.54) is 11.1 Å². The molecule has 0 aliphatic heterocycles. The summed E-state index contributed by atoms with van der Waals surface area (Å²) in [4.78, 5) is 9.14. The van der Waals surface area contributed by atoms with Crippen LogP contribution in [0.3, 0.4) is 0 Å². The second-order valence-corrected chi connectivity index (χ2v) is 7.35. The highest BCUT2D eigenvalue weighted by molar-refractivity contribution is 7.98. The Labute approximate surface area is 131 Å². The largest absolute Gasteiger partial charge is 0.383 e. The van der Waals surface area contributed by atoms with Gasteiger partial charge in [-0.25, -0.2) is 9.97 Å². The van der Waals surface area contributed by atoms with E-state index in [4.69, 9.17) is 10.7 Å². The third kappa shape index (κ3) is 3.97. The molecule has 0 saturated carbocycles. The van der Waals surface area contributed by atoms with E-state index in [2.05, 4.69) is 56.9 Å². The van der Waals surface area contributed by atoms with Gasteiger partial charge < -0.3 is 5.73 Å². The van der Waals surface area contributed by atoms with Gasteiger partial charge in [-0.05, 0) is 19.4 Å². The second-order valence-electron chi connectivity index (χ2n) is 6.39. The number of nitrogen functional groups attached to an aromatic ring is 1. The molecule has 1 heterocycles. The van der Waals surface area contributed by atoms with Crippen molar-refractivity contribution in [1.82, 2.24) is 9.97 Å². The lowest BCUT2D eigenvalue weighted by molar-refractivity contribution is 0.538. The van der Waals surface area contributed by atoms with Gasteiger partial charge in [0.2, 0.25) is 0 Å². The van der Waals surface area contributed by atoms with Crippen molar-refractivity contribution in [2.24, 2.45) is 0 Å². The van der Waals surface area contributed by atoms with E-state index in [0.29, 0.717) is 5.82 Å². The molecular formula is C17H23N3S. The fourth-order valence-electron chi connectivity index (χ4n) is 1.94. The number of nitrogens with two attached hydrogens (primary N) is 1. The molecule has 0 aliphatic carbocycles. The molecule has 0 radical (unpaired) electrons. The second kappa shape index (κ2) is 6.06. The molecule has 0 amide bonds. The normalized spacial score (nSPS) is 11.7. The first-order valence-corrected chi connectivity index (χ1v) is 8.09. The van der Waals surface area contributed by atoms with E-state index < -0.39 is 0 Å². The Morgan fingerprint density at radius 3 is 2.48 bits per heavy atom. The average Bonchev–Trinajstić information content (AvgIpc) is 2.39. The lowest BCUT2D eigenvalue weighted by atomic mass is 9.95. The lowest BCUT2D eigenvalue weighted by Gasteiger charge is -2.19. The van der Waals surface area contributed by atoms with Gasteiger partial charge in [-0.2, -0.15) is 0 Å². The minimum atomic E-state index is -0.0968. The molecule has 2 N–H and O–H groups in total. The van der Waals surface area contributed by atoms with Crippen LogP contribution >= 0.6 is 11.8 Å². The van der Waals surface area contributed by atoms with Gasteiger partial charge in [0.1, 0.15) is 16.7 Å². The van der Waals surface area contributed by atoms with Gasteiger partial charge in [0.25, 0.3) is 0 Å². The molecule has 112 valence electrons. The predicted molar refractivity (Wildman–Crippen MR) is 90.6 cm³/mol. The van der Waals surface area contributed by atoms with Gasteiger partial charge in [0.05, 0.1) is 0 Å². The van der Waals surface area contributed by atoms with E-state index in [0.717, 1.165) is 22.2 Å². The van der Waals surface area contributed by atoms with Crippen LogP contribution in [0.1, 0.15) is 43.3 Å². The van der Waals surface area contributed by atoms with Gasteiger partial charge in [-0.3, -0.25) is 0 Å². The summed E-state index contributed by atoms with van der Waals surface area (Å²) in [5.41, 5.74) is 9.50. The van der Waals surface area contributed by atoms with Crippen LogP contribution in [-0.2, 0) is 11.2 Å². The highest BCUT2D eigenvalue weighted by Gasteiger charge is 2.20. The Morgan fingerprint density at radius 2 is 1.86 bits per heavy atom. The topological polar surface area (TPSA) is 51.8 Å². The van der Waals surface area contributed by atoms with E-state index in [1.807, 2.05) is 6.92 Å². The number of rotatable bonds is 3. The number of benzene rings is 1. The molecule has 21 heavy (non-hydrogen) atoms. The van der Waals surface area contributed by atoms with Crippen molar-refractivity contribution in [3.05, 3.63) is 46.8 Å². The van der Waals surface area contributed by atoms with Crippen LogP contribution in [0.5, 0.6) is 0 Å². The third-order valence-corrected chi connectivity index (χ3v) is 4.42. The standard InChI is InChI=1S/C17H23N3S/c1-11-7-6-8-13(9-11)10-21-15-12(2)14(18)19-16(20-15)17(3,4)5/h6-9H,10H2,1-5H3,(H2,18,19,20). The maximum absolute atomic E-state index is 6.05. The maximum Gasteiger partial charge on any atom is 0.137 e. The van der Waals surface area contributed by atoms with Crippen LogP contribution in [0.4, 0.5) is 5.82 Å². The Hall–Kier alpha value is -1.55. The number of anilines is 1. The fourth-order valence-corrected chi connectivity index (χ4v) is 2.90. The van der Waals surface area contributed by atoms with E-state index >= 15 is 0 Å². The zero-order chi connectivity index (χ0) is 15.6. The van der Waals surface area contributed by atoms with Crippen molar-refractivity contribution in [3.63, 3.8) is 0 Å². The van der Waals surface area contributed by atoms with Gasteiger partial charge in [0.15, 0.2) is 0 Å². The molecule has 0 fully saturated rings. The minimum Gasteiger partial charge on any atom is -0.383 e. The Balaban J connectivity index is 2.25. The summed E-state index contributed by atoms with van der Waals surface area (Å²) in [6.45, 7) is 10.4. The number of thioether (sulfide) groups is 1. The first-order chi connectivity index (χ1) is 9.77. The lowest BCUT2D eigenvalue weighted by Crippen LogP contribution is -2.18. The number of nitrogens with zero attached hydrogens (tertiary/aromatic N) is 2.